The highest BCUT2D eigenvalue weighted by atomic mass is 16.6. The van der Waals surface area contributed by atoms with Crippen LogP contribution in [0.25, 0.3) is 0 Å². The largest absolute Gasteiger partial charge is 0.454 e. The highest BCUT2D eigenvalue weighted by molar-refractivity contribution is 5.70. The molecule has 1 saturated heterocycles. The third kappa shape index (κ3) is 5.18. The molecule has 3 heteroatoms. The van der Waals surface area contributed by atoms with Crippen molar-refractivity contribution >= 4 is 5.97 Å². The highest BCUT2D eigenvalue weighted by Gasteiger charge is 2.37. The molecule has 1 aliphatic heterocycles. The molecule has 1 aliphatic rings. The van der Waals surface area contributed by atoms with Gasteiger partial charge >= 0.3 is 5.97 Å². The summed E-state index contributed by atoms with van der Waals surface area (Å²) >= 11 is 0. The maximum atomic E-state index is 12.5. The van der Waals surface area contributed by atoms with Crippen LogP contribution in [-0.2, 0) is 21.6 Å². The van der Waals surface area contributed by atoms with E-state index in [1.165, 1.54) is 5.56 Å². The number of benzene rings is 2. The molecule has 0 amide bonds. The Morgan fingerprint density at radius 1 is 0.885 bits per heavy atom. The van der Waals surface area contributed by atoms with Crippen molar-refractivity contribution < 1.29 is 9.53 Å². The van der Waals surface area contributed by atoms with Crippen molar-refractivity contribution in [2.75, 3.05) is 13.1 Å². The first-order valence-electron chi connectivity index (χ1n) is 9.81. The van der Waals surface area contributed by atoms with Crippen LogP contribution in [0.3, 0.4) is 0 Å². The number of rotatable bonds is 8. The van der Waals surface area contributed by atoms with E-state index in [0.717, 1.165) is 57.2 Å². The van der Waals surface area contributed by atoms with Crippen molar-refractivity contribution in [1.82, 2.24) is 5.32 Å². The van der Waals surface area contributed by atoms with Gasteiger partial charge in [0.2, 0.25) is 0 Å². The van der Waals surface area contributed by atoms with Crippen molar-refractivity contribution in [1.29, 1.82) is 0 Å². The lowest BCUT2D eigenvalue weighted by Gasteiger charge is -2.37. The van der Waals surface area contributed by atoms with E-state index in [2.05, 4.69) is 41.7 Å². The molecule has 0 radical (unpaired) electrons. The Balaban J connectivity index is 1.46. The first-order chi connectivity index (χ1) is 12.8. The van der Waals surface area contributed by atoms with Crippen molar-refractivity contribution in [3.63, 3.8) is 0 Å². The summed E-state index contributed by atoms with van der Waals surface area (Å²) in [5.41, 5.74) is 2.04. The van der Waals surface area contributed by atoms with E-state index >= 15 is 0 Å². The van der Waals surface area contributed by atoms with E-state index in [9.17, 15) is 4.79 Å². The van der Waals surface area contributed by atoms with Crippen LogP contribution in [0.1, 0.15) is 49.7 Å². The van der Waals surface area contributed by atoms with E-state index in [1.807, 2.05) is 24.3 Å². The molecule has 2 aromatic rings. The second-order valence-electron chi connectivity index (χ2n) is 7.13. The predicted molar refractivity (Wildman–Crippen MR) is 105 cm³/mol. The summed E-state index contributed by atoms with van der Waals surface area (Å²) in [4.78, 5) is 12.5. The normalized spacial score (nSPS) is 16.2. The van der Waals surface area contributed by atoms with Crippen LogP contribution in [0, 0.1) is 0 Å². The van der Waals surface area contributed by atoms with Crippen LogP contribution in [0.2, 0.25) is 0 Å². The maximum absolute atomic E-state index is 12.5. The van der Waals surface area contributed by atoms with Crippen LogP contribution >= 0.6 is 0 Å². The Morgan fingerprint density at radius 2 is 1.54 bits per heavy atom. The number of nitrogens with one attached hydrogen (secondary N) is 1. The standard InChI is InChI=1S/C23H29NO2/c25-22(15-9-2-6-12-20-10-4-1-5-11-20)26-23(16-18-24-19-17-23)21-13-7-3-8-14-21/h1,3-5,7-8,10-11,13-14,24H,2,6,9,12,15-19H2. The summed E-state index contributed by atoms with van der Waals surface area (Å²) in [6.07, 6.45) is 6.35. The Kier molecular flexibility index (Phi) is 6.84. The van der Waals surface area contributed by atoms with Gasteiger partial charge in [0.25, 0.3) is 0 Å². The third-order valence-electron chi connectivity index (χ3n) is 5.21. The molecule has 0 bridgehead atoms. The number of carbonyl (C=O) groups excluding carboxylic acids is 1. The van der Waals surface area contributed by atoms with Gasteiger partial charge in [0.05, 0.1) is 0 Å². The van der Waals surface area contributed by atoms with E-state index in [4.69, 9.17) is 4.74 Å². The predicted octanol–water partition coefficient (Wildman–Crippen LogP) is 4.61. The molecule has 1 fully saturated rings. The van der Waals surface area contributed by atoms with Gasteiger partial charge in [-0.05, 0) is 43.5 Å². The fourth-order valence-corrected chi connectivity index (χ4v) is 3.71. The number of unbranched alkanes of at least 4 members (excludes halogenated alkanes) is 2. The second kappa shape index (κ2) is 9.54. The minimum absolute atomic E-state index is 0.0598. The Bertz CT molecular complexity index is 663. The van der Waals surface area contributed by atoms with E-state index in [0.29, 0.717) is 6.42 Å². The molecule has 1 heterocycles. The molecule has 3 nitrogen and oxygen atoms in total. The number of piperidine rings is 1. The van der Waals surface area contributed by atoms with Gasteiger partial charge in [0.1, 0.15) is 5.60 Å². The second-order valence-corrected chi connectivity index (χ2v) is 7.13. The molecule has 2 aromatic carbocycles. The van der Waals surface area contributed by atoms with Gasteiger partial charge in [-0.25, -0.2) is 0 Å². The maximum Gasteiger partial charge on any atom is 0.306 e. The first-order valence-corrected chi connectivity index (χ1v) is 9.81. The highest BCUT2D eigenvalue weighted by Crippen LogP contribution is 2.35. The number of ether oxygens (including phenoxy) is 1. The first kappa shape index (κ1) is 18.7. The molecule has 0 spiro atoms. The van der Waals surface area contributed by atoms with Gasteiger partial charge in [-0.2, -0.15) is 0 Å². The van der Waals surface area contributed by atoms with E-state index in [-0.39, 0.29) is 5.97 Å². The zero-order chi connectivity index (χ0) is 18.1. The molecule has 0 aliphatic carbocycles. The summed E-state index contributed by atoms with van der Waals surface area (Å²) in [5, 5.41) is 3.37. The molecule has 3 rings (SSSR count). The zero-order valence-corrected chi connectivity index (χ0v) is 15.5. The van der Waals surface area contributed by atoms with Crippen LogP contribution in [0.15, 0.2) is 60.7 Å². The van der Waals surface area contributed by atoms with Crippen LogP contribution < -0.4 is 5.32 Å². The van der Waals surface area contributed by atoms with Gasteiger partial charge in [0, 0.05) is 19.3 Å². The quantitative estimate of drug-likeness (QED) is 0.557. The molecule has 0 atom stereocenters. The van der Waals surface area contributed by atoms with E-state index in [1.54, 1.807) is 0 Å². The van der Waals surface area contributed by atoms with Gasteiger partial charge < -0.3 is 10.1 Å². The average Bonchev–Trinajstić information content (AvgIpc) is 2.70. The van der Waals surface area contributed by atoms with E-state index < -0.39 is 5.60 Å². The molecule has 0 saturated carbocycles. The van der Waals surface area contributed by atoms with Gasteiger partial charge in [-0.3, -0.25) is 4.79 Å². The van der Waals surface area contributed by atoms with Gasteiger partial charge in [0.15, 0.2) is 0 Å². The molecule has 138 valence electrons. The minimum Gasteiger partial charge on any atom is -0.454 e. The Hall–Kier alpha value is -2.13. The number of esters is 1. The molecular weight excluding hydrogens is 322 g/mol. The summed E-state index contributed by atoms with van der Waals surface area (Å²) in [6.45, 7) is 1.78. The van der Waals surface area contributed by atoms with Crippen molar-refractivity contribution in [2.24, 2.45) is 0 Å². The number of hydrogen-bond donors (Lipinski definition) is 1. The third-order valence-corrected chi connectivity index (χ3v) is 5.21. The number of hydrogen-bond acceptors (Lipinski definition) is 3. The summed E-state index contributed by atoms with van der Waals surface area (Å²) in [7, 11) is 0. The molecule has 0 unspecified atom stereocenters. The fourth-order valence-electron chi connectivity index (χ4n) is 3.71. The molecular formula is C23H29NO2. The van der Waals surface area contributed by atoms with Gasteiger partial charge in [-0.1, -0.05) is 67.1 Å². The van der Waals surface area contributed by atoms with Crippen molar-refractivity contribution in [3.05, 3.63) is 71.8 Å². The lowest BCUT2D eigenvalue weighted by molar-refractivity contribution is -0.164. The van der Waals surface area contributed by atoms with Crippen LogP contribution in [0.5, 0.6) is 0 Å². The summed E-state index contributed by atoms with van der Waals surface area (Å²) in [6, 6.07) is 20.7. The number of carbonyl (C=O) groups is 1. The SMILES string of the molecule is O=C(CCCCCc1ccccc1)OC1(c2ccccc2)CCNCC1. The lowest BCUT2D eigenvalue weighted by atomic mass is 9.84. The van der Waals surface area contributed by atoms with Crippen molar-refractivity contribution in [2.45, 2.75) is 50.5 Å². The van der Waals surface area contributed by atoms with Crippen LogP contribution in [-0.4, -0.2) is 19.1 Å². The van der Waals surface area contributed by atoms with Crippen LogP contribution in [0.4, 0.5) is 0 Å². The smallest absolute Gasteiger partial charge is 0.306 e. The average molecular weight is 351 g/mol. The molecule has 26 heavy (non-hydrogen) atoms. The minimum atomic E-state index is -0.451. The fraction of sp³-hybridized carbons (Fsp3) is 0.435. The Labute approximate surface area is 156 Å². The number of aryl methyl sites for hydroxylation is 1. The zero-order valence-electron chi connectivity index (χ0n) is 15.5. The molecule has 0 aromatic heterocycles. The summed E-state index contributed by atoms with van der Waals surface area (Å²) in [5.74, 6) is -0.0598. The Morgan fingerprint density at radius 3 is 2.23 bits per heavy atom. The summed E-state index contributed by atoms with van der Waals surface area (Å²) < 4.78 is 6.05. The van der Waals surface area contributed by atoms with Crippen molar-refractivity contribution in [3.8, 4) is 0 Å². The monoisotopic (exact) mass is 351 g/mol. The lowest BCUT2D eigenvalue weighted by Crippen LogP contribution is -2.43. The van der Waals surface area contributed by atoms with Gasteiger partial charge in [-0.15, -0.1) is 0 Å². The molecule has 1 N–H and O–H groups in total. The topological polar surface area (TPSA) is 38.3 Å².